The Morgan fingerprint density at radius 2 is 1.93 bits per heavy atom. The highest BCUT2D eigenvalue weighted by molar-refractivity contribution is 5.95. The Morgan fingerprint density at radius 1 is 1.14 bits per heavy atom. The largest absolute Gasteiger partial charge is 0.497 e. The van der Waals surface area contributed by atoms with Gasteiger partial charge in [-0.2, -0.15) is 5.10 Å². The molecular weight excluding hydrogens is 366 g/mol. The number of carbonyl (C=O) groups is 1. The van der Waals surface area contributed by atoms with Crippen LogP contribution < -0.4 is 10.1 Å². The second-order valence-electron chi connectivity index (χ2n) is 6.89. The van der Waals surface area contributed by atoms with Gasteiger partial charge in [-0.1, -0.05) is 31.2 Å². The smallest absolute Gasteiger partial charge is 0.230 e. The number of carbonyl (C=O) groups excluding carboxylic acids is 1. The van der Waals surface area contributed by atoms with E-state index < -0.39 is 0 Å². The third kappa shape index (κ3) is 4.16. The topological polar surface area (TPSA) is 69.3 Å². The number of nitrogens with one attached hydrogen (secondary N) is 1. The van der Waals surface area contributed by atoms with Gasteiger partial charge < -0.3 is 14.5 Å². The van der Waals surface area contributed by atoms with E-state index in [0.29, 0.717) is 17.9 Å². The minimum absolute atomic E-state index is 0.119. The molecular formula is C23H23N3O3. The SMILES string of the molecule is CCc1ccc(Cn2nccc2NC(=O)Cc2coc3cc(OC)ccc23)cc1. The third-order valence-corrected chi connectivity index (χ3v) is 4.96. The molecule has 0 unspecified atom stereocenters. The predicted octanol–water partition coefficient (Wildman–Crippen LogP) is 4.43. The van der Waals surface area contributed by atoms with Crippen LogP contribution in [-0.2, 0) is 24.2 Å². The Kier molecular flexibility index (Phi) is 5.33. The Balaban J connectivity index is 1.45. The van der Waals surface area contributed by atoms with Crippen molar-refractivity contribution in [3.63, 3.8) is 0 Å². The maximum Gasteiger partial charge on any atom is 0.230 e. The molecule has 0 saturated carbocycles. The number of fused-ring (bicyclic) bond motifs is 1. The van der Waals surface area contributed by atoms with Crippen LogP contribution in [0.5, 0.6) is 5.75 Å². The van der Waals surface area contributed by atoms with Crippen LogP contribution in [0, 0.1) is 0 Å². The van der Waals surface area contributed by atoms with E-state index >= 15 is 0 Å². The number of hydrogen-bond donors (Lipinski definition) is 1. The number of nitrogens with zero attached hydrogens (tertiary/aromatic N) is 2. The summed E-state index contributed by atoms with van der Waals surface area (Å²) in [6, 6.07) is 15.8. The first kappa shape index (κ1) is 18.8. The summed E-state index contributed by atoms with van der Waals surface area (Å²) >= 11 is 0. The van der Waals surface area contributed by atoms with Crippen LogP contribution >= 0.6 is 0 Å². The standard InChI is InChI=1S/C23H23N3O3/c1-3-16-4-6-17(7-5-16)14-26-22(10-11-24-26)25-23(27)12-18-15-29-21-13-19(28-2)8-9-20(18)21/h4-11,13,15H,3,12,14H2,1-2H3,(H,25,27). The molecule has 4 rings (SSSR count). The first-order chi connectivity index (χ1) is 14.2. The van der Waals surface area contributed by atoms with Gasteiger partial charge in [0.1, 0.15) is 17.2 Å². The van der Waals surface area contributed by atoms with Crippen LogP contribution in [0.2, 0.25) is 0 Å². The summed E-state index contributed by atoms with van der Waals surface area (Å²) in [4.78, 5) is 12.6. The van der Waals surface area contributed by atoms with E-state index in [0.717, 1.165) is 28.7 Å². The summed E-state index contributed by atoms with van der Waals surface area (Å²) in [5, 5.41) is 8.20. The van der Waals surface area contributed by atoms with Crippen molar-refractivity contribution in [2.75, 3.05) is 12.4 Å². The van der Waals surface area contributed by atoms with E-state index in [-0.39, 0.29) is 12.3 Å². The number of ether oxygens (including phenoxy) is 1. The molecule has 0 radical (unpaired) electrons. The molecule has 6 nitrogen and oxygen atoms in total. The quantitative estimate of drug-likeness (QED) is 0.508. The van der Waals surface area contributed by atoms with Crippen molar-refractivity contribution in [2.24, 2.45) is 0 Å². The number of aromatic nitrogens is 2. The second-order valence-corrected chi connectivity index (χ2v) is 6.89. The monoisotopic (exact) mass is 389 g/mol. The zero-order valence-electron chi connectivity index (χ0n) is 16.5. The Hall–Kier alpha value is -3.54. The molecule has 0 saturated heterocycles. The maximum atomic E-state index is 12.6. The Morgan fingerprint density at radius 3 is 2.69 bits per heavy atom. The highest BCUT2D eigenvalue weighted by Crippen LogP contribution is 2.26. The molecule has 6 heteroatoms. The van der Waals surface area contributed by atoms with Gasteiger partial charge in [-0.25, -0.2) is 4.68 Å². The maximum absolute atomic E-state index is 12.6. The zero-order chi connectivity index (χ0) is 20.2. The number of hydrogen-bond acceptors (Lipinski definition) is 4. The molecule has 0 aliphatic rings. The van der Waals surface area contributed by atoms with Crippen LogP contribution in [0.15, 0.2) is 65.4 Å². The van der Waals surface area contributed by atoms with E-state index in [9.17, 15) is 4.79 Å². The average molecular weight is 389 g/mol. The summed E-state index contributed by atoms with van der Waals surface area (Å²) < 4.78 is 12.6. The second kappa shape index (κ2) is 8.22. The molecule has 1 amide bonds. The lowest BCUT2D eigenvalue weighted by atomic mass is 10.1. The van der Waals surface area contributed by atoms with E-state index in [4.69, 9.17) is 9.15 Å². The van der Waals surface area contributed by atoms with Crippen LogP contribution in [0.1, 0.15) is 23.6 Å². The molecule has 0 bridgehead atoms. The van der Waals surface area contributed by atoms with Crippen LogP contribution in [0.3, 0.4) is 0 Å². The van der Waals surface area contributed by atoms with E-state index in [1.165, 1.54) is 5.56 Å². The summed E-state index contributed by atoms with van der Waals surface area (Å²) in [6.07, 6.45) is 4.54. The fraction of sp³-hybridized carbons (Fsp3) is 0.217. The van der Waals surface area contributed by atoms with Gasteiger partial charge in [0, 0.05) is 23.1 Å². The van der Waals surface area contributed by atoms with Crippen molar-refractivity contribution < 1.29 is 13.9 Å². The van der Waals surface area contributed by atoms with Crippen molar-refractivity contribution in [2.45, 2.75) is 26.3 Å². The summed E-state index contributed by atoms with van der Waals surface area (Å²) in [5.74, 6) is 1.27. The first-order valence-corrected chi connectivity index (χ1v) is 9.60. The number of methoxy groups -OCH3 is 1. The van der Waals surface area contributed by atoms with Crippen molar-refractivity contribution in [1.82, 2.24) is 9.78 Å². The molecule has 2 heterocycles. The molecule has 29 heavy (non-hydrogen) atoms. The van der Waals surface area contributed by atoms with Crippen LogP contribution in [0.4, 0.5) is 5.82 Å². The first-order valence-electron chi connectivity index (χ1n) is 9.60. The van der Waals surface area contributed by atoms with Crippen LogP contribution in [-0.4, -0.2) is 22.8 Å². The molecule has 148 valence electrons. The number of anilines is 1. The van der Waals surface area contributed by atoms with Crippen molar-refractivity contribution in [3.8, 4) is 5.75 Å². The zero-order valence-corrected chi connectivity index (χ0v) is 16.5. The number of aryl methyl sites for hydroxylation is 1. The lowest BCUT2D eigenvalue weighted by molar-refractivity contribution is -0.115. The minimum Gasteiger partial charge on any atom is -0.497 e. The summed E-state index contributed by atoms with van der Waals surface area (Å²) in [6.45, 7) is 2.73. The van der Waals surface area contributed by atoms with Gasteiger partial charge in [-0.3, -0.25) is 4.79 Å². The number of furan rings is 1. The van der Waals surface area contributed by atoms with Crippen molar-refractivity contribution in [3.05, 3.63) is 77.7 Å². The lowest BCUT2D eigenvalue weighted by Gasteiger charge is -2.09. The van der Waals surface area contributed by atoms with E-state index in [2.05, 4.69) is 41.6 Å². The molecule has 1 N–H and O–H groups in total. The molecule has 0 atom stereocenters. The summed E-state index contributed by atoms with van der Waals surface area (Å²) in [5.41, 5.74) is 3.97. The van der Waals surface area contributed by atoms with Gasteiger partial charge in [-0.15, -0.1) is 0 Å². The lowest BCUT2D eigenvalue weighted by Crippen LogP contribution is -2.17. The molecule has 0 aliphatic heterocycles. The van der Waals surface area contributed by atoms with Crippen molar-refractivity contribution in [1.29, 1.82) is 0 Å². The third-order valence-electron chi connectivity index (χ3n) is 4.96. The van der Waals surface area contributed by atoms with E-state index in [1.807, 2.05) is 18.2 Å². The number of rotatable bonds is 7. The van der Waals surface area contributed by atoms with Gasteiger partial charge in [0.05, 0.1) is 32.5 Å². The summed E-state index contributed by atoms with van der Waals surface area (Å²) in [7, 11) is 1.61. The average Bonchev–Trinajstić information content (AvgIpc) is 3.35. The molecule has 2 aromatic heterocycles. The predicted molar refractivity (Wildman–Crippen MR) is 112 cm³/mol. The van der Waals surface area contributed by atoms with Gasteiger partial charge >= 0.3 is 0 Å². The Bertz CT molecular complexity index is 1130. The minimum atomic E-state index is -0.119. The van der Waals surface area contributed by atoms with Gasteiger partial charge in [-0.05, 0) is 29.7 Å². The number of benzene rings is 2. The van der Waals surface area contributed by atoms with Crippen molar-refractivity contribution >= 4 is 22.7 Å². The number of amides is 1. The fourth-order valence-electron chi connectivity index (χ4n) is 3.31. The molecule has 4 aromatic rings. The van der Waals surface area contributed by atoms with E-state index in [1.54, 1.807) is 30.3 Å². The fourth-order valence-corrected chi connectivity index (χ4v) is 3.31. The van der Waals surface area contributed by atoms with Gasteiger partial charge in [0.2, 0.25) is 5.91 Å². The highest BCUT2D eigenvalue weighted by Gasteiger charge is 2.13. The molecule has 0 fully saturated rings. The normalized spacial score (nSPS) is 11.0. The molecule has 2 aromatic carbocycles. The Labute approximate surface area is 169 Å². The van der Waals surface area contributed by atoms with Gasteiger partial charge in [0.25, 0.3) is 0 Å². The molecule has 0 aliphatic carbocycles. The molecule has 0 spiro atoms. The van der Waals surface area contributed by atoms with Gasteiger partial charge in [0.15, 0.2) is 0 Å². The highest BCUT2D eigenvalue weighted by atomic mass is 16.5. The van der Waals surface area contributed by atoms with Crippen LogP contribution in [0.25, 0.3) is 11.0 Å².